The molecule has 1 fully saturated rings. The van der Waals surface area contributed by atoms with Crippen molar-refractivity contribution in [2.75, 3.05) is 18.4 Å². The Labute approximate surface area is 166 Å². The number of amides is 1. The summed E-state index contributed by atoms with van der Waals surface area (Å²) < 4.78 is 47.0. The minimum atomic E-state index is -4.35. The number of anilines is 1. The van der Waals surface area contributed by atoms with Crippen LogP contribution < -0.4 is 5.32 Å². The van der Waals surface area contributed by atoms with Crippen LogP contribution in [0, 0.1) is 26.7 Å². The van der Waals surface area contributed by atoms with Crippen molar-refractivity contribution in [3.05, 3.63) is 28.8 Å². The zero-order valence-corrected chi connectivity index (χ0v) is 16.6. The molecule has 10 heteroatoms. The molecule has 0 aliphatic carbocycles. The number of aryl methyl sites for hydroxylation is 3. The van der Waals surface area contributed by atoms with Crippen LogP contribution in [0.4, 0.5) is 19.0 Å². The molecule has 0 aromatic carbocycles. The normalized spacial score (nSPS) is 23.0. The number of likely N-dealkylation sites (tertiary alicyclic amines) is 1. The molecule has 0 spiro atoms. The Balaban J connectivity index is 1.46. The number of carbonyl (C=O) groups is 1. The van der Waals surface area contributed by atoms with Crippen LogP contribution >= 0.6 is 0 Å². The van der Waals surface area contributed by atoms with Gasteiger partial charge in [-0.1, -0.05) is 5.16 Å². The second-order valence-corrected chi connectivity index (χ2v) is 7.99. The molecule has 1 amide bonds. The molecule has 29 heavy (non-hydrogen) atoms. The number of carbonyl (C=O) groups excluding carboxylic acids is 1. The highest BCUT2D eigenvalue weighted by molar-refractivity contribution is 5.96. The van der Waals surface area contributed by atoms with Crippen LogP contribution in [0.2, 0.25) is 0 Å². The number of aromatic nitrogens is 3. The third-order valence-electron chi connectivity index (χ3n) is 5.98. The van der Waals surface area contributed by atoms with Gasteiger partial charge in [-0.2, -0.15) is 18.3 Å². The molecule has 1 N–H and O–H groups in total. The summed E-state index contributed by atoms with van der Waals surface area (Å²) in [6.07, 6.45) is -3.12. The summed E-state index contributed by atoms with van der Waals surface area (Å²) in [6, 6.07) is -0.276. The molecule has 2 aliphatic heterocycles. The predicted molar refractivity (Wildman–Crippen MR) is 98.7 cm³/mol. The van der Waals surface area contributed by atoms with E-state index in [-0.39, 0.29) is 24.3 Å². The first kappa shape index (κ1) is 19.8. The number of piperidine rings is 1. The van der Waals surface area contributed by atoms with Gasteiger partial charge in [0.15, 0.2) is 6.04 Å². The van der Waals surface area contributed by atoms with E-state index in [1.165, 1.54) is 0 Å². The largest absolute Gasteiger partial charge is 0.410 e. The first-order valence-corrected chi connectivity index (χ1v) is 9.76. The predicted octanol–water partition coefficient (Wildman–Crippen LogP) is 3.64. The molecule has 4 rings (SSSR count). The SMILES string of the molecule is Cc1cc2n(n1)[C@@H](C(F)(F)F)C[C@@H](C1CCN(C(=O)c3c(C)noc3C)CC1)N2. The zero-order valence-electron chi connectivity index (χ0n) is 16.6. The van der Waals surface area contributed by atoms with Gasteiger partial charge in [0.2, 0.25) is 0 Å². The maximum Gasteiger partial charge on any atom is 0.410 e. The Morgan fingerprint density at radius 2 is 1.93 bits per heavy atom. The number of nitrogens with zero attached hydrogens (tertiary/aromatic N) is 4. The lowest BCUT2D eigenvalue weighted by molar-refractivity contribution is -0.174. The molecule has 7 nitrogen and oxygen atoms in total. The van der Waals surface area contributed by atoms with Crippen molar-refractivity contribution in [2.45, 2.75) is 58.3 Å². The molecular weight excluding hydrogens is 387 g/mol. The monoisotopic (exact) mass is 411 g/mol. The number of fused-ring (bicyclic) bond motifs is 1. The molecule has 2 atom stereocenters. The standard InChI is InChI=1S/C19H24F3N5O2/c1-10-8-16-23-14(9-15(19(20,21)22)27(16)24-10)13-4-6-26(7-5-13)18(28)17-11(2)25-29-12(17)3/h8,13-15,23H,4-7,9H2,1-3H3/t14-,15+/m0/s1. The lowest BCUT2D eigenvalue weighted by Crippen LogP contribution is -2.47. The van der Waals surface area contributed by atoms with Crippen LogP contribution in [-0.4, -0.2) is 51.1 Å². The molecule has 2 aromatic rings. The van der Waals surface area contributed by atoms with Crippen LogP contribution in [0.15, 0.2) is 10.6 Å². The topological polar surface area (TPSA) is 76.2 Å². The smallest absolute Gasteiger partial charge is 0.367 e. The van der Waals surface area contributed by atoms with Crippen LogP contribution in [-0.2, 0) is 0 Å². The van der Waals surface area contributed by atoms with E-state index >= 15 is 0 Å². The van der Waals surface area contributed by atoms with E-state index in [0.29, 0.717) is 54.5 Å². The van der Waals surface area contributed by atoms with Crippen LogP contribution in [0.1, 0.15) is 52.8 Å². The molecular formula is C19H24F3N5O2. The first-order chi connectivity index (χ1) is 13.6. The van der Waals surface area contributed by atoms with E-state index in [9.17, 15) is 18.0 Å². The number of hydrogen-bond acceptors (Lipinski definition) is 5. The van der Waals surface area contributed by atoms with Crippen molar-refractivity contribution in [3.63, 3.8) is 0 Å². The van der Waals surface area contributed by atoms with Gasteiger partial charge < -0.3 is 14.7 Å². The van der Waals surface area contributed by atoms with Gasteiger partial charge in [0, 0.05) is 25.2 Å². The number of alkyl halides is 3. The summed E-state index contributed by atoms with van der Waals surface area (Å²) in [6.45, 7) is 6.12. The summed E-state index contributed by atoms with van der Waals surface area (Å²) in [5.74, 6) is 0.825. The van der Waals surface area contributed by atoms with Gasteiger partial charge in [0.1, 0.15) is 17.1 Å². The van der Waals surface area contributed by atoms with Crippen LogP contribution in [0.25, 0.3) is 0 Å². The van der Waals surface area contributed by atoms with Gasteiger partial charge in [-0.15, -0.1) is 0 Å². The maximum absolute atomic E-state index is 13.6. The average Bonchev–Trinajstić information content (AvgIpc) is 3.20. The summed E-state index contributed by atoms with van der Waals surface area (Å²) in [5.41, 5.74) is 1.60. The molecule has 0 saturated carbocycles. The van der Waals surface area contributed by atoms with Gasteiger partial charge in [0.25, 0.3) is 5.91 Å². The average molecular weight is 411 g/mol. The van der Waals surface area contributed by atoms with Crippen molar-refractivity contribution < 1.29 is 22.5 Å². The summed E-state index contributed by atoms with van der Waals surface area (Å²) in [7, 11) is 0. The zero-order chi connectivity index (χ0) is 20.9. The van der Waals surface area contributed by atoms with Gasteiger partial charge in [-0.25, -0.2) is 4.68 Å². The third-order valence-corrected chi connectivity index (χ3v) is 5.98. The summed E-state index contributed by atoms with van der Waals surface area (Å²) in [4.78, 5) is 14.5. The third kappa shape index (κ3) is 3.60. The number of hydrogen-bond donors (Lipinski definition) is 1. The fourth-order valence-electron chi connectivity index (χ4n) is 4.49. The van der Waals surface area contributed by atoms with E-state index < -0.39 is 12.2 Å². The summed E-state index contributed by atoms with van der Waals surface area (Å²) in [5, 5.41) is 11.1. The molecule has 4 heterocycles. The van der Waals surface area contributed by atoms with Gasteiger partial charge in [-0.3, -0.25) is 4.79 Å². The Bertz CT molecular complexity index is 892. The number of nitrogens with one attached hydrogen (secondary N) is 1. The molecule has 158 valence electrons. The second-order valence-electron chi connectivity index (χ2n) is 7.99. The second kappa shape index (κ2) is 7.07. The number of rotatable bonds is 2. The van der Waals surface area contributed by atoms with Crippen molar-refractivity contribution >= 4 is 11.7 Å². The van der Waals surface area contributed by atoms with Crippen molar-refractivity contribution in [1.82, 2.24) is 19.8 Å². The van der Waals surface area contributed by atoms with Gasteiger partial charge in [-0.05, 0) is 46.0 Å². The van der Waals surface area contributed by atoms with Crippen LogP contribution in [0.5, 0.6) is 0 Å². The van der Waals surface area contributed by atoms with Gasteiger partial charge >= 0.3 is 6.18 Å². The molecule has 2 aromatic heterocycles. The highest BCUT2D eigenvalue weighted by atomic mass is 19.4. The van der Waals surface area contributed by atoms with Gasteiger partial charge in [0.05, 0.1) is 11.4 Å². The molecule has 0 bridgehead atoms. The molecule has 0 radical (unpaired) electrons. The van der Waals surface area contributed by atoms with E-state index in [1.54, 1.807) is 31.7 Å². The quantitative estimate of drug-likeness (QED) is 0.817. The Kier molecular flexibility index (Phi) is 4.82. The molecule has 1 saturated heterocycles. The highest BCUT2D eigenvalue weighted by Gasteiger charge is 2.47. The highest BCUT2D eigenvalue weighted by Crippen LogP contribution is 2.42. The maximum atomic E-state index is 13.6. The minimum absolute atomic E-state index is 0.0533. The van der Waals surface area contributed by atoms with E-state index in [4.69, 9.17) is 4.52 Å². The van der Waals surface area contributed by atoms with E-state index in [0.717, 1.165) is 4.68 Å². The molecule has 0 unspecified atom stereocenters. The summed E-state index contributed by atoms with van der Waals surface area (Å²) >= 11 is 0. The Hall–Kier alpha value is -2.52. The van der Waals surface area contributed by atoms with E-state index in [1.807, 2.05) is 0 Å². The Morgan fingerprint density at radius 3 is 2.52 bits per heavy atom. The fourth-order valence-corrected chi connectivity index (χ4v) is 4.49. The fraction of sp³-hybridized carbons (Fsp3) is 0.632. The van der Waals surface area contributed by atoms with Crippen LogP contribution in [0.3, 0.4) is 0 Å². The Morgan fingerprint density at radius 1 is 1.24 bits per heavy atom. The van der Waals surface area contributed by atoms with Crippen molar-refractivity contribution in [1.29, 1.82) is 0 Å². The van der Waals surface area contributed by atoms with Crippen molar-refractivity contribution in [3.8, 4) is 0 Å². The minimum Gasteiger partial charge on any atom is -0.367 e. The first-order valence-electron chi connectivity index (χ1n) is 9.76. The van der Waals surface area contributed by atoms with E-state index in [2.05, 4.69) is 15.6 Å². The number of halogens is 3. The lowest BCUT2D eigenvalue weighted by Gasteiger charge is -2.41. The lowest BCUT2D eigenvalue weighted by atomic mass is 9.84. The molecule has 2 aliphatic rings. The van der Waals surface area contributed by atoms with Crippen molar-refractivity contribution in [2.24, 2.45) is 5.92 Å².